The monoisotopic (exact) mass is 407 g/mol. The first kappa shape index (κ1) is 18.5. The fourth-order valence-electron chi connectivity index (χ4n) is 3.83. The Balaban J connectivity index is 1.28. The Labute approximate surface area is 174 Å². The van der Waals surface area contributed by atoms with Crippen molar-refractivity contribution in [2.45, 2.75) is 6.42 Å². The minimum Gasteiger partial charge on any atom is -0.477 e. The highest BCUT2D eigenvalue weighted by Crippen LogP contribution is 2.34. The van der Waals surface area contributed by atoms with Gasteiger partial charge in [0, 0.05) is 59.8 Å². The van der Waals surface area contributed by atoms with E-state index in [0.29, 0.717) is 12.5 Å². The summed E-state index contributed by atoms with van der Waals surface area (Å²) in [5.74, 6) is 0.648. The number of aromatic nitrogens is 3. The minimum absolute atomic E-state index is 0.648. The van der Waals surface area contributed by atoms with Gasteiger partial charge in [-0.3, -0.25) is 0 Å². The van der Waals surface area contributed by atoms with Crippen molar-refractivity contribution in [3.63, 3.8) is 0 Å². The predicted molar refractivity (Wildman–Crippen MR) is 118 cm³/mol. The first-order chi connectivity index (χ1) is 14.3. The van der Waals surface area contributed by atoms with Crippen LogP contribution in [-0.2, 0) is 0 Å². The largest absolute Gasteiger partial charge is 0.477 e. The number of imidazole rings is 1. The summed E-state index contributed by atoms with van der Waals surface area (Å²) in [6.07, 6.45) is 2.91. The van der Waals surface area contributed by atoms with E-state index in [4.69, 9.17) is 9.84 Å². The van der Waals surface area contributed by atoms with E-state index >= 15 is 0 Å². The molecule has 1 aliphatic heterocycles. The molecular weight excluding hydrogens is 382 g/mol. The van der Waals surface area contributed by atoms with Gasteiger partial charge in [-0.2, -0.15) is 0 Å². The number of fused-ring (bicyclic) bond motifs is 2. The van der Waals surface area contributed by atoms with Gasteiger partial charge in [0.15, 0.2) is 5.65 Å². The van der Waals surface area contributed by atoms with Gasteiger partial charge in [0.1, 0.15) is 0 Å². The molecule has 1 aliphatic rings. The summed E-state index contributed by atoms with van der Waals surface area (Å²) in [6.45, 7) is 6.35. The molecule has 4 heterocycles. The normalized spacial score (nSPS) is 16.0. The SMILES string of the molecule is CN1CCN(CCCOc2ccc3ncc(-c4csc5ccccc45)n3n2)CC1. The highest BCUT2D eigenvalue weighted by Gasteiger charge is 2.14. The molecule has 0 unspecified atom stereocenters. The summed E-state index contributed by atoms with van der Waals surface area (Å²) >= 11 is 1.75. The summed E-state index contributed by atoms with van der Waals surface area (Å²) in [4.78, 5) is 9.42. The topological polar surface area (TPSA) is 45.9 Å². The van der Waals surface area contributed by atoms with E-state index < -0.39 is 0 Å². The van der Waals surface area contributed by atoms with Crippen LogP contribution in [-0.4, -0.2) is 70.8 Å². The van der Waals surface area contributed by atoms with Crippen molar-refractivity contribution < 1.29 is 4.74 Å². The van der Waals surface area contributed by atoms with Crippen molar-refractivity contribution in [3.05, 3.63) is 48.0 Å². The number of ether oxygens (including phenoxy) is 1. The molecule has 0 spiro atoms. The average molecular weight is 408 g/mol. The fraction of sp³-hybridized carbons (Fsp3) is 0.364. The van der Waals surface area contributed by atoms with Gasteiger partial charge in [0.05, 0.1) is 18.5 Å². The first-order valence-electron chi connectivity index (χ1n) is 10.1. The van der Waals surface area contributed by atoms with Crippen molar-refractivity contribution in [2.75, 3.05) is 46.4 Å². The second-order valence-electron chi connectivity index (χ2n) is 7.58. The third-order valence-electron chi connectivity index (χ3n) is 5.56. The number of piperazine rings is 1. The quantitative estimate of drug-likeness (QED) is 0.457. The molecule has 0 saturated carbocycles. The molecule has 5 rings (SSSR count). The zero-order valence-electron chi connectivity index (χ0n) is 16.6. The molecule has 3 aromatic heterocycles. The van der Waals surface area contributed by atoms with Crippen LogP contribution in [0.15, 0.2) is 48.0 Å². The van der Waals surface area contributed by atoms with Gasteiger partial charge in [0.2, 0.25) is 5.88 Å². The molecule has 7 heteroatoms. The average Bonchev–Trinajstić information content (AvgIpc) is 3.36. The van der Waals surface area contributed by atoms with Gasteiger partial charge < -0.3 is 14.5 Å². The lowest BCUT2D eigenvalue weighted by Crippen LogP contribution is -2.44. The van der Waals surface area contributed by atoms with E-state index in [2.05, 4.69) is 51.5 Å². The molecule has 1 saturated heterocycles. The van der Waals surface area contributed by atoms with E-state index in [1.165, 1.54) is 10.1 Å². The number of rotatable bonds is 6. The van der Waals surface area contributed by atoms with Crippen molar-refractivity contribution in [3.8, 4) is 17.1 Å². The van der Waals surface area contributed by atoms with Gasteiger partial charge in [-0.05, 0) is 25.6 Å². The van der Waals surface area contributed by atoms with Gasteiger partial charge in [-0.15, -0.1) is 16.4 Å². The Hall–Kier alpha value is -2.48. The van der Waals surface area contributed by atoms with E-state index in [1.54, 1.807) is 11.3 Å². The maximum atomic E-state index is 5.96. The summed E-state index contributed by atoms with van der Waals surface area (Å²) in [5.41, 5.74) is 3.00. The summed E-state index contributed by atoms with van der Waals surface area (Å²) < 4.78 is 9.13. The third kappa shape index (κ3) is 3.85. The molecule has 6 nitrogen and oxygen atoms in total. The molecule has 1 fully saturated rings. The Morgan fingerprint density at radius 3 is 2.83 bits per heavy atom. The molecule has 0 amide bonds. The smallest absolute Gasteiger partial charge is 0.231 e. The third-order valence-corrected chi connectivity index (χ3v) is 6.52. The summed E-state index contributed by atoms with van der Waals surface area (Å²) in [6, 6.07) is 12.3. The summed E-state index contributed by atoms with van der Waals surface area (Å²) in [7, 11) is 2.19. The van der Waals surface area contributed by atoms with Crippen LogP contribution in [0.1, 0.15) is 6.42 Å². The highest BCUT2D eigenvalue weighted by atomic mass is 32.1. The van der Waals surface area contributed by atoms with Crippen LogP contribution in [0, 0.1) is 0 Å². The lowest BCUT2D eigenvalue weighted by Gasteiger charge is -2.32. The second-order valence-corrected chi connectivity index (χ2v) is 8.49. The predicted octanol–water partition coefficient (Wildman–Crippen LogP) is 3.63. The van der Waals surface area contributed by atoms with E-state index in [1.807, 2.05) is 22.8 Å². The van der Waals surface area contributed by atoms with E-state index in [0.717, 1.165) is 56.0 Å². The molecular formula is C22H25N5OS. The molecule has 0 N–H and O–H groups in total. The molecule has 0 bridgehead atoms. The van der Waals surface area contributed by atoms with Gasteiger partial charge in [0.25, 0.3) is 0 Å². The van der Waals surface area contributed by atoms with Crippen molar-refractivity contribution in [1.82, 2.24) is 24.4 Å². The Morgan fingerprint density at radius 2 is 1.93 bits per heavy atom. The van der Waals surface area contributed by atoms with E-state index in [9.17, 15) is 0 Å². The van der Waals surface area contributed by atoms with Gasteiger partial charge in [-0.1, -0.05) is 18.2 Å². The molecule has 0 radical (unpaired) electrons. The molecule has 0 atom stereocenters. The maximum Gasteiger partial charge on any atom is 0.231 e. The zero-order chi connectivity index (χ0) is 19.6. The maximum absolute atomic E-state index is 5.96. The number of likely N-dealkylation sites (N-methyl/N-ethyl adjacent to an activating group) is 1. The van der Waals surface area contributed by atoms with Crippen molar-refractivity contribution in [1.29, 1.82) is 0 Å². The zero-order valence-corrected chi connectivity index (χ0v) is 17.4. The van der Waals surface area contributed by atoms with Gasteiger partial charge >= 0.3 is 0 Å². The number of hydrogen-bond donors (Lipinski definition) is 0. The highest BCUT2D eigenvalue weighted by molar-refractivity contribution is 7.17. The fourth-order valence-corrected chi connectivity index (χ4v) is 4.78. The lowest BCUT2D eigenvalue weighted by molar-refractivity contribution is 0.145. The van der Waals surface area contributed by atoms with Crippen LogP contribution in [0.5, 0.6) is 5.88 Å². The Kier molecular flexibility index (Phi) is 5.18. The van der Waals surface area contributed by atoms with Crippen LogP contribution in [0.2, 0.25) is 0 Å². The van der Waals surface area contributed by atoms with Crippen LogP contribution in [0.3, 0.4) is 0 Å². The van der Waals surface area contributed by atoms with Crippen molar-refractivity contribution in [2.24, 2.45) is 0 Å². The van der Waals surface area contributed by atoms with Crippen LogP contribution in [0.25, 0.3) is 27.0 Å². The van der Waals surface area contributed by atoms with E-state index in [-0.39, 0.29) is 0 Å². The number of hydrogen-bond acceptors (Lipinski definition) is 6. The number of nitrogens with zero attached hydrogens (tertiary/aromatic N) is 5. The van der Waals surface area contributed by atoms with Crippen LogP contribution < -0.4 is 4.74 Å². The Bertz CT molecular complexity index is 1110. The Morgan fingerprint density at radius 1 is 1.07 bits per heavy atom. The number of thiophene rings is 1. The minimum atomic E-state index is 0.648. The summed E-state index contributed by atoms with van der Waals surface area (Å²) in [5, 5.41) is 8.12. The molecule has 29 heavy (non-hydrogen) atoms. The molecule has 1 aromatic carbocycles. The lowest BCUT2D eigenvalue weighted by atomic mass is 10.1. The molecule has 0 aliphatic carbocycles. The second kappa shape index (κ2) is 8.10. The van der Waals surface area contributed by atoms with Crippen LogP contribution >= 0.6 is 11.3 Å². The first-order valence-corrected chi connectivity index (χ1v) is 11.0. The van der Waals surface area contributed by atoms with Crippen molar-refractivity contribution >= 4 is 27.1 Å². The van der Waals surface area contributed by atoms with Crippen LogP contribution in [0.4, 0.5) is 0 Å². The molecule has 150 valence electrons. The molecule has 4 aromatic rings. The standard InChI is InChI=1S/C22H25N5OS/c1-25-10-12-26(13-11-25)9-4-14-28-22-8-7-21-23-15-19(27(21)24-22)18-16-29-20-6-3-2-5-17(18)20/h2-3,5-8,15-16H,4,9-14H2,1H3. The van der Waals surface area contributed by atoms with Gasteiger partial charge in [-0.25, -0.2) is 9.50 Å². The number of benzene rings is 1.